The molecule has 2 amide bonds. The van der Waals surface area contributed by atoms with Crippen molar-refractivity contribution < 1.29 is 22.8 Å². The number of piperazine rings is 1. The van der Waals surface area contributed by atoms with E-state index < -0.39 is 28.7 Å². The molecule has 1 aromatic carbocycles. The van der Waals surface area contributed by atoms with Gasteiger partial charge < -0.3 is 9.80 Å². The Labute approximate surface area is 220 Å². The number of thiocarbonyl (C=S) groups is 1. The lowest BCUT2D eigenvalue weighted by Gasteiger charge is -2.33. The van der Waals surface area contributed by atoms with Crippen LogP contribution in [0.25, 0.3) is 0 Å². The van der Waals surface area contributed by atoms with E-state index >= 15 is 0 Å². The number of rotatable bonds is 8. The number of amides is 2. The van der Waals surface area contributed by atoms with Crippen molar-refractivity contribution in [2.24, 2.45) is 0 Å². The summed E-state index contributed by atoms with van der Waals surface area (Å²) in [6.45, 7) is 7.96. The van der Waals surface area contributed by atoms with E-state index in [1.807, 2.05) is 0 Å². The minimum absolute atomic E-state index is 0.00612. The number of alkyl halides is 3. The molecular formula is C24H30F3N5O2S2. The van der Waals surface area contributed by atoms with Gasteiger partial charge >= 0.3 is 6.18 Å². The quantitative estimate of drug-likeness (QED) is 0.297. The zero-order chi connectivity index (χ0) is 26.7. The van der Waals surface area contributed by atoms with Crippen LogP contribution in [0.4, 0.5) is 23.7 Å². The van der Waals surface area contributed by atoms with Gasteiger partial charge in [0.15, 0.2) is 5.11 Å². The number of benzene rings is 1. The fraction of sp³-hybridized carbons (Fsp3) is 0.583. The van der Waals surface area contributed by atoms with E-state index in [-0.39, 0.29) is 16.0 Å². The Morgan fingerprint density at radius 2 is 1.72 bits per heavy atom. The highest BCUT2D eigenvalue weighted by Gasteiger charge is 2.49. The molecule has 2 aliphatic rings. The van der Waals surface area contributed by atoms with E-state index in [0.29, 0.717) is 19.6 Å². The third kappa shape index (κ3) is 6.12. The van der Waals surface area contributed by atoms with Gasteiger partial charge in [-0.3, -0.25) is 19.4 Å². The summed E-state index contributed by atoms with van der Waals surface area (Å²) in [6.07, 6.45) is -1.01. The van der Waals surface area contributed by atoms with Gasteiger partial charge in [-0.1, -0.05) is 25.5 Å². The van der Waals surface area contributed by atoms with Gasteiger partial charge in [-0.05, 0) is 63.7 Å². The molecule has 0 spiro atoms. The van der Waals surface area contributed by atoms with Crippen molar-refractivity contribution >= 4 is 46.8 Å². The second-order valence-electron chi connectivity index (χ2n) is 9.50. The summed E-state index contributed by atoms with van der Waals surface area (Å²) < 4.78 is 40.3. The van der Waals surface area contributed by atoms with E-state index in [9.17, 15) is 22.8 Å². The number of carbonyl (C=O) groups is 2. The molecule has 0 aromatic heterocycles. The Morgan fingerprint density at radius 1 is 1.11 bits per heavy atom. The monoisotopic (exact) mass is 541 g/mol. The maximum absolute atomic E-state index is 13.4. The van der Waals surface area contributed by atoms with Crippen LogP contribution in [0.15, 0.2) is 18.2 Å². The molecular weight excluding hydrogens is 511 g/mol. The van der Waals surface area contributed by atoms with E-state index in [0.717, 1.165) is 62.4 Å². The molecule has 0 atom stereocenters. The normalized spacial score (nSPS) is 18.6. The molecule has 1 aromatic rings. The predicted octanol–water partition coefficient (Wildman–Crippen LogP) is 4.52. The summed E-state index contributed by atoms with van der Waals surface area (Å²) in [5.41, 5.74) is -2.58. The summed E-state index contributed by atoms with van der Waals surface area (Å²) in [7, 11) is 0. The van der Waals surface area contributed by atoms with E-state index in [2.05, 4.69) is 17.5 Å². The minimum atomic E-state index is -4.72. The van der Waals surface area contributed by atoms with Crippen LogP contribution in [0.1, 0.15) is 50.7 Å². The van der Waals surface area contributed by atoms with Crippen LogP contribution in [0.2, 0.25) is 0 Å². The van der Waals surface area contributed by atoms with Crippen molar-refractivity contribution in [2.75, 3.05) is 44.2 Å². The van der Waals surface area contributed by atoms with Crippen molar-refractivity contribution in [1.29, 1.82) is 5.26 Å². The molecule has 2 heterocycles. The molecule has 0 bridgehead atoms. The zero-order valence-electron chi connectivity index (χ0n) is 20.3. The van der Waals surface area contributed by atoms with Gasteiger partial charge in [-0.2, -0.15) is 18.4 Å². The summed E-state index contributed by atoms with van der Waals surface area (Å²) in [5.74, 6) is -0.399. The molecule has 0 unspecified atom stereocenters. The van der Waals surface area contributed by atoms with Crippen LogP contribution >= 0.6 is 24.8 Å². The molecule has 0 saturated carbocycles. The van der Waals surface area contributed by atoms with E-state index in [4.69, 9.17) is 17.5 Å². The average molecular weight is 542 g/mol. The molecule has 0 radical (unpaired) electrons. The van der Waals surface area contributed by atoms with Gasteiger partial charge in [0.1, 0.15) is 5.54 Å². The first-order valence-electron chi connectivity index (χ1n) is 11.9. The number of hydrogen-bond donors (Lipinski definition) is 1. The topological polar surface area (TPSA) is 70.9 Å². The largest absolute Gasteiger partial charge is 0.417 e. The molecule has 2 saturated heterocycles. The van der Waals surface area contributed by atoms with Crippen molar-refractivity contribution in [3.8, 4) is 6.07 Å². The van der Waals surface area contributed by atoms with Gasteiger partial charge in [0, 0.05) is 32.7 Å². The first kappa shape index (κ1) is 28.2. The van der Waals surface area contributed by atoms with Crippen LogP contribution in [0.3, 0.4) is 0 Å². The molecule has 3 rings (SSSR count). The van der Waals surface area contributed by atoms with Gasteiger partial charge in [-0.25, -0.2) is 0 Å². The highest BCUT2D eigenvalue weighted by Crippen LogP contribution is 2.38. The number of anilines is 1. The number of nitriles is 1. The highest BCUT2D eigenvalue weighted by molar-refractivity contribution is 7.96. The standard InChI is InChI=1S/C24H30F3N5O2S2/c1-23(2)20(33)32(18-8-7-17(16-28)19(15-18)24(25,26)27)21(35)31(23)10-6-4-3-5-9-29-11-13-30(14-12-29)22(34)36/h7-8,15H,3-6,9-14H2,1-2H3,(H,34,36). The Morgan fingerprint density at radius 3 is 2.28 bits per heavy atom. The Bertz CT molecular complexity index is 1050. The predicted molar refractivity (Wildman–Crippen MR) is 138 cm³/mol. The van der Waals surface area contributed by atoms with Crippen molar-refractivity contribution in [2.45, 2.75) is 51.2 Å². The van der Waals surface area contributed by atoms with Crippen LogP contribution in [0.5, 0.6) is 0 Å². The summed E-state index contributed by atoms with van der Waals surface area (Å²) in [4.78, 5) is 31.4. The maximum atomic E-state index is 13.4. The summed E-state index contributed by atoms with van der Waals surface area (Å²) in [6, 6.07) is 4.76. The smallest absolute Gasteiger partial charge is 0.334 e. The lowest BCUT2D eigenvalue weighted by molar-refractivity contribution is -0.137. The molecule has 2 fully saturated rings. The minimum Gasteiger partial charge on any atom is -0.334 e. The Hall–Kier alpha value is -2.36. The lowest BCUT2D eigenvalue weighted by Crippen LogP contribution is -2.47. The van der Waals surface area contributed by atoms with Gasteiger partial charge in [0.25, 0.3) is 11.1 Å². The second kappa shape index (κ2) is 11.4. The van der Waals surface area contributed by atoms with Crippen LogP contribution in [-0.4, -0.2) is 75.8 Å². The maximum Gasteiger partial charge on any atom is 0.417 e. The molecule has 2 aliphatic heterocycles. The average Bonchev–Trinajstić information content (AvgIpc) is 2.99. The van der Waals surface area contributed by atoms with E-state index in [1.54, 1.807) is 29.7 Å². The van der Waals surface area contributed by atoms with Crippen molar-refractivity contribution in [1.82, 2.24) is 14.7 Å². The van der Waals surface area contributed by atoms with Gasteiger partial charge in [0.05, 0.1) is 22.9 Å². The fourth-order valence-electron chi connectivity index (χ4n) is 4.56. The Kier molecular flexibility index (Phi) is 8.90. The second-order valence-corrected chi connectivity index (χ2v) is 10.2. The molecule has 0 aliphatic carbocycles. The van der Waals surface area contributed by atoms with Gasteiger partial charge in [0.2, 0.25) is 0 Å². The Balaban J connectivity index is 1.54. The number of unbranched alkanes of at least 4 members (excludes halogenated alkanes) is 3. The van der Waals surface area contributed by atoms with E-state index in [1.165, 1.54) is 6.07 Å². The number of thiol groups is 1. The van der Waals surface area contributed by atoms with Crippen molar-refractivity contribution in [3.63, 3.8) is 0 Å². The first-order valence-corrected chi connectivity index (χ1v) is 12.7. The number of halogens is 3. The number of nitrogens with zero attached hydrogens (tertiary/aromatic N) is 5. The number of carbonyl (C=O) groups excluding carboxylic acids is 2. The molecule has 12 heteroatoms. The van der Waals surface area contributed by atoms with Crippen LogP contribution < -0.4 is 4.90 Å². The summed E-state index contributed by atoms with van der Waals surface area (Å²) in [5, 5.41) is 9.03. The number of hydrogen-bond acceptors (Lipinski definition) is 5. The fourth-order valence-corrected chi connectivity index (χ4v) is 5.27. The zero-order valence-corrected chi connectivity index (χ0v) is 22.1. The van der Waals surface area contributed by atoms with Crippen LogP contribution in [-0.2, 0) is 11.0 Å². The third-order valence-electron chi connectivity index (χ3n) is 6.76. The van der Waals surface area contributed by atoms with Crippen molar-refractivity contribution in [3.05, 3.63) is 29.3 Å². The highest BCUT2D eigenvalue weighted by atomic mass is 32.1. The molecule has 0 N–H and O–H groups in total. The SMILES string of the molecule is CC1(C)C(=O)N(c2ccc(C#N)c(C(F)(F)F)c2)C(=S)N1CCCCCCN1CCN(C(=O)S)CC1. The third-order valence-corrected chi connectivity index (χ3v) is 7.45. The molecule has 36 heavy (non-hydrogen) atoms. The summed E-state index contributed by atoms with van der Waals surface area (Å²) >= 11 is 9.39. The molecule has 7 nitrogen and oxygen atoms in total. The molecule has 196 valence electrons. The lowest BCUT2D eigenvalue weighted by atomic mass is 10.0. The van der Waals surface area contributed by atoms with Crippen LogP contribution in [0, 0.1) is 11.3 Å². The first-order chi connectivity index (χ1) is 16.9. The van der Waals surface area contributed by atoms with Gasteiger partial charge in [-0.15, -0.1) is 0 Å².